The van der Waals surface area contributed by atoms with E-state index in [1.54, 1.807) is 0 Å². The van der Waals surface area contributed by atoms with Crippen LogP contribution in [-0.2, 0) is 4.74 Å². The first-order valence-corrected chi connectivity index (χ1v) is 6.05. The second kappa shape index (κ2) is 3.97. The van der Waals surface area contributed by atoms with Crippen LogP contribution < -0.4 is 10.6 Å². The van der Waals surface area contributed by atoms with Gasteiger partial charge in [-0.25, -0.2) is 4.79 Å². The highest BCUT2D eigenvalue weighted by molar-refractivity contribution is 7.18. The number of rotatable bonds is 3. The number of carbonyl (C=O) groups excluding carboxylic acids is 1. The molecule has 0 bridgehead atoms. The van der Waals surface area contributed by atoms with E-state index in [1.807, 2.05) is 19.0 Å². The summed E-state index contributed by atoms with van der Waals surface area (Å²) in [5.41, 5.74) is 7.79. The molecule has 0 saturated heterocycles. The summed E-state index contributed by atoms with van der Waals surface area (Å²) in [6.07, 6.45) is 2.34. The Kier molecular flexibility index (Phi) is 2.80. The largest absolute Gasteiger partial charge is 0.465 e. The van der Waals surface area contributed by atoms with Crippen LogP contribution in [0.25, 0.3) is 0 Å². The van der Waals surface area contributed by atoms with Crippen LogP contribution in [0.2, 0.25) is 0 Å². The molecule has 88 valence electrons. The van der Waals surface area contributed by atoms with Crippen molar-refractivity contribution < 1.29 is 9.53 Å². The van der Waals surface area contributed by atoms with E-state index in [2.05, 4.69) is 0 Å². The number of methoxy groups -OCH3 is 1. The molecule has 0 amide bonds. The zero-order valence-corrected chi connectivity index (χ0v) is 10.6. The van der Waals surface area contributed by atoms with Gasteiger partial charge in [-0.1, -0.05) is 0 Å². The molecule has 1 aromatic heterocycles. The molecule has 1 saturated carbocycles. The zero-order valence-electron chi connectivity index (χ0n) is 9.74. The molecule has 0 atom stereocenters. The topological polar surface area (TPSA) is 55.6 Å². The fourth-order valence-corrected chi connectivity index (χ4v) is 2.94. The number of nitrogens with two attached hydrogens (primary N) is 1. The molecule has 16 heavy (non-hydrogen) atoms. The van der Waals surface area contributed by atoms with Crippen molar-refractivity contribution in [2.24, 2.45) is 0 Å². The molecule has 1 fully saturated rings. The second-order valence-electron chi connectivity index (χ2n) is 4.22. The highest BCUT2D eigenvalue weighted by Gasteiger charge is 2.33. The summed E-state index contributed by atoms with van der Waals surface area (Å²) < 4.78 is 4.74. The third-order valence-electron chi connectivity index (χ3n) is 2.73. The van der Waals surface area contributed by atoms with Crippen LogP contribution >= 0.6 is 11.3 Å². The van der Waals surface area contributed by atoms with Gasteiger partial charge in [0, 0.05) is 19.7 Å². The molecule has 0 aromatic carbocycles. The Bertz CT molecular complexity index is 422. The summed E-state index contributed by atoms with van der Waals surface area (Å²) in [5.74, 6) is 0.199. The maximum atomic E-state index is 11.6. The van der Waals surface area contributed by atoms with E-state index >= 15 is 0 Å². The quantitative estimate of drug-likeness (QED) is 0.822. The smallest absolute Gasteiger partial charge is 0.350 e. The minimum Gasteiger partial charge on any atom is -0.465 e. The van der Waals surface area contributed by atoms with Gasteiger partial charge in [0.1, 0.15) is 4.88 Å². The number of nitrogens with zero attached hydrogens (tertiary/aromatic N) is 1. The standard InChI is InChI=1S/C11H16N2O2S/c1-13(2)10-7(6-4-5-6)8(12)9(16-10)11(14)15-3/h6H,4-5,12H2,1-3H3. The van der Waals surface area contributed by atoms with Gasteiger partial charge in [-0.15, -0.1) is 11.3 Å². The normalized spacial score (nSPS) is 14.9. The van der Waals surface area contributed by atoms with E-state index in [-0.39, 0.29) is 5.97 Å². The summed E-state index contributed by atoms with van der Waals surface area (Å²) >= 11 is 1.42. The molecule has 2 N–H and O–H groups in total. The van der Waals surface area contributed by atoms with Crippen LogP contribution in [0.4, 0.5) is 10.7 Å². The van der Waals surface area contributed by atoms with Gasteiger partial charge in [0.25, 0.3) is 0 Å². The van der Waals surface area contributed by atoms with E-state index in [9.17, 15) is 4.79 Å². The van der Waals surface area contributed by atoms with Gasteiger partial charge >= 0.3 is 5.97 Å². The lowest BCUT2D eigenvalue weighted by Gasteiger charge is -2.12. The molecule has 1 aromatic rings. The van der Waals surface area contributed by atoms with Gasteiger partial charge < -0.3 is 15.4 Å². The first-order chi connectivity index (χ1) is 7.56. The van der Waals surface area contributed by atoms with Gasteiger partial charge in [-0.2, -0.15) is 0 Å². The number of thiophene rings is 1. The number of carbonyl (C=O) groups is 1. The summed E-state index contributed by atoms with van der Waals surface area (Å²) in [6.45, 7) is 0. The number of nitrogen functional groups attached to an aromatic ring is 1. The van der Waals surface area contributed by atoms with Crippen molar-refractivity contribution in [1.82, 2.24) is 0 Å². The Labute approximate surface area is 99.0 Å². The molecule has 0 radical (unpaired) electrons. The van der Waals surface area contributed by atoms with E-state index in [0.717, 1.165) is 10.6 Å². The lowest BCUT2D eigenvalue weighted by atomic mass is 10.1. The maximum absolute atomic E-state index is 11.6. The lowest BCUT2D eigenvalue weighted by Crippen LogP contribution is -2.09. The van der Waals surface area contributed by atoms with Crippen molar-refractivity contribution in [2.75, 3.05) is 31.8 Å². The molecule has 0 aliphatic heterocycles. The molecule has 5 heteroatoms. The Balaban J connectivity index is 2.48. The summed E-state index contributed by atoms with van der Waals surface area (Å²) in [7, 11) is 5.32. The van der Waals surface area contributed by atoms with Crippen LogP contribution in [0.3, 0.4) is 0 Å². The fraction of sp³-hybridized carbons (Fsp3) is 0.545. The Morgan fingerprint density at radius 2 is 2.12 bits per heavy atom. The van der Waals surface area contributed by atoms with E-state index in [0.29, 0.717) is 16.5 Å². The van der Waals surface area contributed by atoms with Gasteiger partial charge in [0.2, 0.25) is 0 Å². The van der Waals surface area contributed by atoms with Crippen LogP contribution in [0.1, 0.15) is 34.0 Å². The number of esters is 1. The Hall–Kier alpha value is -1.23. The fourth-order valence-electron chi connectivity index (χ4n) is 1.79. The molecule has 1 heterocycles. The molecule has 2 rings (SSSR count). The van der Waals surface area contributed by atoms with Crippen molar-refractivity contribution in [3.8, 4) is 0 Å². The van der Waals surface area contributed by atoms with Gasteiger partial charge in [-0.3, -0.25) is 0 Å². The summed E-state index contributed by atoms with van der Waals surface area (Å²) in [4.78, 5) is 14.1. The van der Waals surface area contributed by atoms with Crippen molar-refractivity contribution in [1.29, 1.82) is 0 Å². The number of ether oxygens (including phenoxy) is 1. The van der Waals surface area contributed by atoms with Crippen LogP contribution in [0, 0.1) is 0 Å². The number of anilines is 2. The summed E-state index contributed by atoms with van der Waals surface area (Å²) in [5, 5.41) is 1.08. The van der Waals surface area contributed by atoms with Gasteiger partial charge in [0.05, 0.1) is 17.8 Å². The average Bonchev–Trinajstić information content (AvgIpc) is 3.01. The van der Waals surface area contributed by atoms with Crippen LogP contribution in [0.15, 0.2) is 0 Å². The van der Waals surface area contributed by atoms with Crippen molar-refractivity contribution in [2.45, 2.75) is 18.8 Å². The lowest BCUT2D eigenvalue weighted by molar-refractivity contribution is 0.0607. The first kappa shape index (κ1) is 11.3. The monoisotopic (exact) mass is 240 g/mol. The first-order valence-electron chi connectivity index (χ1n) is 5.24. The Morgan fingerprint density at radius 3 is 2.56 bits per heavy atom. The molecule has 4 nitrogen and oxygen atoms in total. The third-order valence-corrected chi connectivity index (χ3v) is 4.10. The van der Waals surface area contributed by atoms with Gasteiger partial charge in [0.15, 0.2) is 0 Å². The third kappa shape index (κ3) is 1.75. The van der Waals surface area contributed by atoms with Crippen molar-refractivity contribution in [3.05, 3.63) is 10.4 Å². The van der Waals surface area contributed by atoms with Crippen molar-refractivity contribution in [3.63, 3.8) is 0 Å². The minimum atomic E-state index is -0.336. The molecular formula is C11H16N2O2S. The van der Waals surface area contributed by atoms with Crippen LogP contribution in [-0.4, -0.2) is 27.2 Å². The highest BCUT2D eigenvalue weighted by Crippen LogP contribution is 2.51. The maximum Gasteiger partial charge on any atom is 0.350 e. The van der Waals surface area contributed by atoms with E-state index < -0.39 is 0 Å². The molecule has 1 aliphatic carbocycles. The number of hydrogen-bond acceptors (Lipinski definition) is 5. The predicted octanol–water partition coefficient (Wildman–Crippen LogP) is 2.06. The summed E-state index contributed by atoms with van der Waals surface area (Å²) in [6, 6.07) is 0. The minimum absolute atomic E-state index is 0.336. The molecule has 0 unspecified atom stereocenters. The van der Waals surface area contributed by atoms with Gasteiger partial charge in [-0.05, 0) is 18.8 Å². The Morgan fingerprint density at radius 1 is 1.50 bits per heavy atom. The predicted molar refractivity (Wildman–Crippen MR) is 66.4 cm³/mol. The van der Waals surface area contributed by atoms with Crippen molar-refractivity contribution >= 4 is 28.0 Å². The highest BCUT2D eigenvalue weighted by atomic mass is 32.1. The average molecular weight is 240 g/mol. The zero-order chi connectivity index (χ0) is 11.9. The SMILES string of the molecule is COC(=O)c1sc(N(C)C)c(C2CC2)c1N. The van der Waals surface area contributed by atoms with E-state index in [4.69, 9.17) is 10.5 Å². The molecule has 1 aliphatic rings. The number of hydrogen-bond donors (Lipinski definition) is 1. The molecular weight excluding hydrogens is 224 g/mol. The van der Waals surface area contributed by atoms with Crippen LogP contribution in [0.5, 0.6) is 0 Å². The molecule has 0 spiro atoms. The second-order valence-corrected chi connectivity index (χ2v) is 5.22. The van der Waals surface area contributed by atoms with E-state index in [1.165, 1.54) is 31.3 Å².